The molecule has 2 rings (SSSR count). The van der Waals surface area contributed by atoms with E-state index in [0.29, 0.717) is 11.9 Å². The summed E-state index contributed by atoms with van der Waals surface area (Å²) in [6.07, 6.45) is 10.4. The molecule has 3 atom stereocenters. The molecule has 3 unspecified atom stereocenters. The first kappa shape index (κ1) is 14.8. The second kappa shape index (κ2) is 7.28. The van der Waals surface area contributed by atoms with Gasteiger partial charge in [0.1, 0.15) is 0 Å². The number of nitrogens with two attached hydrogens (primary N) is 1. The second-order valence-corrected chi connectivity index (χ2v) is 6.47. The van der Waals surface area contributed by atoms with Gasteiger partial charge in [-0.2, -0.15) is 0 Å². The highest BCUT2D eigenvalue weighted by atomic mass is 16.2. The number of hydrogen-bond donors (Lipinski definition) is 1. The van der Waals surface area contributed by atoms with Gasteiger partial charge in [-0.15, -0.1) is 0 Å². The van der Waals surface area contributed by atoms with E-state index in [1.807, 2.05) is 0 Å². The van der Waals surface area contributed by atoms with Crippen LogP contribution in [0.5, 0.6) is 0 Å². The average Bonchev–Trinajstić information content (AvgIpc) is 2.44. The van der Waals surface area contributed by atoms with Crippen LogP contribution in [-0.2, 0) is 4.79 Å². The van der Waals surface area contributed by atoms with E-state index in [1.165, 1.54) is 32.1 Å². The number of nitrogens with zero attached hydrogens (tertiary/aromatic N) is 1. The molecule has 2 fully saturated rings. The van der Waals surface area contributed by atoms with Gasteiger partial charge in [0.05, 0.1) is 0 Å². The molecule has 0 radical (unpaired) electrons. The fourth-order valence-corrected chi connectivity index (χ4v) is 3.96. The van der Waals surface area contributed by atoms with E-state index in [9.17, 15) is 4.79 Å². The lowest BCUT2D eigenvalue weighted by Gasteiger charge is -2.47. The number of likely N-dealkylation sites (tertiary alicyclic amines) is 1. The topological polar surface area (TPSA) is 46.3 Å². The molecular formula is C16H30N2O. The normalized spacial score (nSPS) is 31.1. The van der Waals surface area contributed by atoms with Gasteiger partial charge in [-0.3, -0.25) is 4.79 Å². The van der Waals surface area contributed by atoms with Crippen LogP contribution in [0.2, 0.25) is 0 Å². The fourth-order valence-electron chi connectivity index (χ4n) is 3.96. The van der Waals surface area contributed by atoms with Crippen molar-refractivity contribution in [3.8, 4) is 0 Å². The van der Waals surface area contributed by atoms with Crippen molar-refractivity contribution in [3.05, 3.63) is 0 Å². The van der Waals surface area contributed by atoms with Crippen LogP contribution in [0, 0.1) is 11.8 Å². The Bertz CT molecular complexity index is 292. The van der Waals surface area contributed by atoms with E-state index in [4.69, 9.17) is 5.73 Å². The molecule has 1 saturated heterocycles. The van der Waals surface area contributed by atoms with Gasteiger partial charge >= 0.3 is 0 Å². The molecule has 3 nitrogen and oxygen atoms in total. The summed E-state index contributed by atoms with van der Waals surface area (Å²) in [7, 11) is 0. The van der Waals surface area contributed by atoms with Crippen molar-refractivity contribution in [3.63, 3.8) is 0 Å². The minimum absolute atomic E-state index is 0.404. The number of hydrogen-bond acceptors (Lipinski definition) is 2. The summed E-state index contributed by atoms with van der Waals surface area (Å²) < 4.78 is 0. The summed E-state index contributed by atoms with van der Waals surface area (Å²) >= 11 is 0. The van der Waals surface area contributed by atoms with Crippen LogP contribution >= 0.6 is 0 Å². The molecule has 1 saturated carbocycles. The molecule has 1 heterocycles. The third kappa shape index (κ3) is 3.71. The van der Waals surface area contributed by atoms with Crippen LogP contribution in [0.15, 0.2) is 0 Å². The molecule has 2 aliphatic rings. The van der Waals surface area contributed by atoms with Crippen LogP contribution in [0.4, 0.5) is 0 Å². The van der Waals surface area contributed by atoms with E-state index in [1.54, 1.807) is 0 Å². The highest BCUT2D eigenvalue weighted by Crippen LogP contribution is 2.39. The summed E-state index contributed by atoms with van der Waals surface area (Å²) in [5, 5.41) is 0. The SMILES string of the molecule is CC1CCN(C(=O)CCCCCN)C2CCCCC12. The van der Waals surface area contributed by atoms with Gasteiger partial charge in [0, 0.05) is 19.0 Å². The van der Waals surface area contributed by atoms with E-state index in [2.05, 4.69) is 11.8 Å². The Morgan fingerprint density at radius 2 is 1.95 bits per heavy atom. The quantitative estimate of drug-likeness (QED) is 0.778. The largest absolute Gasteiger partial charge is 0.339 e. The first-order chi connectivity index (χ1) is 9.24. The molecule has 1 aliphatic carbocycles. The summed E-state index contributed by atoms with van der Waals surface area (Å²) in [5.74, 6) is 1.99. The minimum atomic E-state index is 0.404. The molecular weight excluding hydrogens is 236 g/mol. The molecule has 1 amide bonds. The lowest BCUT2D eigenvalue weighted by Crippen LogP contribution is -2.52. The van der Waals surface area contributed by atoms with Crippen LogP contribution in [0.3, 0.4) is 0 Å². The van der Waals surface area contributed by atoms with E-state index >= 15 is 0 Å². The highest BCUT2D eigenvalue weighted by Gasteiger charge is 2.38. The van der Waals surface area contributed by atoms with E-state index in [-0.39, 0.29) is 0 Å². The van der Waals surface area contributed by atoms with Crippen molar-refractivity contribution >= 4 is 5.91 Å². The third-order valence-corrected chi connectivity index (χ3v) is 5.15. The molecule has 0 aromatic carbocycles. The predicted molar refractivity (Wildman–Crippen MR) is 78.8 cm³/mol. The lowest BCUT2D eigenvalue weighted by molar-refractivity contribution is -0.139. The van der Waals surface area contributed by atoms with Gasteiger partial charge in [0.25, 0.3) is 0 Å². The number of carbonyl (C=O) groups excluding carboxylic acids is 1. The minimum Gasteiger partial charge on any atom is -0.339 e. The Balaban J connectivity index is 1.86. The molecule has 19 heavy (non-hydrogen) atoms. The fraction of sp³-hybridized carbons (Fsp3) is 0.938. The van der Waals surface area contributed by atoms with E-state index in [0.717, 1.165) is 50.6 Å². The maximum absolute atomic E-state index is 12.4. The maximum atomic E-state index is 12.4. The standard InChI is InChI=1S/C16H30N2O/c1-13-10-12-18(15-8-5-4-7-14(13)15)16(19)9-3-2-6-11-17/h13-15H,2-12,17H2,1H3. The van der Waals surface area contributed by atoms with Crippen LogP contribution < -0.4 is 5.73 Å². The molecule has 0 aromatic rings. The summed E-state index contributed by atoms with van der Waals surface area (Å²) in [5.41, 5.74) is 5.50. The van der Waals surface area contributed by atoms with Gasteiger partial charge in [-0.1, -0.05) is 26.2 Å². The molecule has 110 valence electrons. The van der Waals surface area contributed by atoms with Gasteiger partial charge in [-0.05, 0) is 50.5 Å². The number of piperidine rings is 1. The van der Waals surface area contributed by atoms with Crippen molar-refractivity contribution in [2.45, 2.75) is 70.8 Å². The van der Waals surface area contributed by atoms with Gasteiger partial charge < -0.3 is 10.6 Å². The third-order valence-electron chi connectivity index (χ3n) is 5.15. The molecule has 0 aromatic heterocycles. The maximum Gasteiger partial charge on any atom is 0.222 e. The lowest BCUT2D eigenvalue weighted by atomic mass is 9.72. The van der Waals surface area contributed by atoms with Crippen molar-refractivity contribution in [2.24, 2.45) is 17.6 Å². The predicted octanol–water partition coefficient (Wildman–Crippen LogP) is 2.93. The number of unbranched alkanes of at least 4 members (excludes halogenated alkanes) is 2. The number of amides is 1. The Hall–Kier alpha value is -0.570. The van der Waals surface area contributed by atoms with Crippen molar-refractivity contribution in [1.82, 2.24) is 4.90 Å². The van der Waals surface area contributed by atoms with Gasteiger partial charge in [0.15, 0.2) is 0 Å². The van der Waals surface area contributed by atoms with E-state index < -0.39 is 0 Å². The zero-order valence-corrected chi connectivity index (χ0v) is 12.4. The Labute approximate surface area is 117 Å². The average molecular weight is 266 g/mol. The Morgan fingerprint density at radius 3 is 2.74 bits per heavy atom. The Morgan fingerprint density at radius 1 is 1.16 bits per heavy atom. The highest BCUT2D eigenvalue weighted by molar-refractivity contribution is 5.76. The van der Waals surface area contributed by atoms with Crippen molar-refractivity contribution in [2.75, 3.05) is 13.1 Å². The smallest absolute Gasteiger partial charge is 0.222 e. The van der Waals surface area contributed by atoms with Gasteiger partial charge in [0.2, 0.25) is 5.91 Å². The van der Waals surface area contributed by atoms with Crippen molar-refractivity contribution < 1.29 is 4.79 Å². The number of fused-ring (bicyclic) bond motifs is 1. The van der Waals surface area contributed by atoms with Crippen LogP contribution in [0.1, 0.15) is 64.7 Å². The van der Waals surface area contributed by atoms with Crippen LogP contribution in [-0.4, -0.2) is 29.9 Å². The Kier molecular flexibility index (Phi) is 5.68. The zero-order valence-electron chi connectivity index (χ0n) is 12.4. The molecule has 3 heteroatoms. The number of carbonyl (C=O) groups is 1. The number of rotatable bonds is 5. The molecule has 0 bridgehead atoms. The van der Waals surface area contributed by atoms with Crippen molar-refractivity contribution in [1.29, 1.82) is 0 Å². The summed E-state index contributed by atoms with van der Waals surface area (Å²) in [4.78, 5) is 14.6. The summed E-state index contributed by atoms with van der Waals surface area (Å²) in [6, 6.07) is 0.555. The second-order valence-electron chi connectivity index (χ2n) is 6.47. The van der Waals surface area contributed by atoms with Gasteiger partial charge in [-0.25, -0.2) is 0 Å². The molecule has 0 spiro atoms. The molecule has 1 aliphatic heterocycles. The van der Waals surface area contributed by atoms with Crippen LogP contribution in [0.25, 0.3) is 0 Å². The molecule has 2 N–H and O–H groups in total. The first-order valence-electron chi connectivity index (χ1n) is 8.23. The monoisotopic (exact) mass is 266 g/mol. The first-order valence-corrected chi connectivity index (χ1v) is 8.23. The summed E-state index contributed by atoms with van der Waals surface area (Å²) in [6.45, 7) is 4.13. The zero-order chi connectivity index (χ0) is 13.7.